The number of benzene rings is 1. The fourth-order valence-electron chi connectivity index (χ4n) is 2.43. The van der Waals surface area contributed by atoms with Crippen LogP contribution in [0, 0.1) is 0 Å². The smallest absolute Gasteiger partial charge is 0.262 e. The Morgan fingerprint density at radius 1 is 1.30 bits per heavy atom. The number of rotatable bonds is 5. The first-order chi connectivity index (χ1) is 11.2. The maximum atomic E-state index is 12.1. The molecule has 118 valence electrons. The third-order valence-corrected chi connectivity index (χ3v) is 3.50. The predicted octanol–water partition coefficient (Wildman–Crippen LogP) is 2.37. The summed E-state index contributed by atoms with van der Waals surface area (Å²) in [6.45, 7) is -0.0408. The number of aromatic nitrogens is 1. The average Bonchev–Trinajstić information content (AvgIpc) is 2.56. The second-order valence-corrected chi connectivity index (χ2v) is 5.28. The Labute approximate surface area is 133 Å². The van der Waals surface area contributed by atoms with Crippen LogP contribution in [0.15, 0.2) is 42.7 Å². The van der Waals surface area contributed by atoms with Crippen molar-refractivity contribution in [1.82, 2.24) is 4.98 Å². The molecule has 0 spiro atoms. The zero-order chi connectivity index (χ0) is 16.1. The highest BCUT2D eigenvalue weighted by atomic mass is 16.5. The van der Waals surface area contributed by atoms with Crippen molar-refractivity contribution in [3.8, 4) is 5.75 Å². The average molecular weight is 311 g/mol. The van der Waals surface area contributed by atoms with Crippen LogP contribution in [-0.4, -0.2) is 23.4 Å². The topological polar surface area (TPSA) is 80.3 Å². The molecular weight excluding hydrogens is 294 g/mol. The number of nitrogens with zero attached hydrogens (tertiary/aromatic N) is 1. The molecular formula is C17H17N3O3. The molecule has 2 aromatic rings. The van der Waals surface area contributed by atoms with Crippen molar-refractivity contribution < 1.29 is 14.3 Å². The van der Waals surface area contributed by atoms with Gasteiger partial charge in [-0.05, 0) is 36.6 Å². The van der Waals surface area contributed by atoms with Gasteiger partial charge >= 0.3 is 0 Å². The molecule has 1 aromatic carbocycles. The first kappa shape index (κ1) is 15.0. The lowest BCUT2D eigenvalue weighted by Gasteiger charge is -2.20. The number of ether oxygens (including phenoxy) is 1. The van der Waals surface area contributed by atoms with Crippen molar-refractivity contribution in [1.29, 1.82) is 0 Å². The molecule has 6 nitrogen and oxygen atoms in total. The van der Waals surface area contributed by atoms with Crippen LogP contribution >= 0.6 is 0 Å². The van der Waals surface area contributed by atoms with E-state index in [2.05, 4.69) is 15.6 Å². The first-order valence-electron chi connectivity index (χ1n) is 7.47. The van der Waals surface area contributed by atoms with Crippen molar-refractivity contribution in [2.24, 2.45) is 0 Å². The van der Waals surface area contributed by atoms with E-state index in [0.717, 1.165) is 18.4 Å². The molecule has 3 rings (SSSR count). The minimum atomic E-state index is -0.197. The Kier molecular flexibility index (Phi) is 4.52. The molecule has 1 aliphatic heterocycles. The third-order valence-electron chi connectivity index (χ3n) is 3.50. The van der Waals surface area contributed by atoms with Crippen molar-refractivity contribution >= 4 is 23.2 Å². The van der Waals surface area contributed by atoms with Crippen LogP contribution in [0.25, 0.3) is 0 Å². The summed E-state index contributed by atoms with van der Waals surface area (Å²) >= 11 is 0. The van der Waals surface area contributed by atoms with Crippen LogP contribution in [0.5, 0.6) is 5.75 Å². The van der Waals surface area contributed by atoms with Gasteiger partial charge in [0.25, 0.3) is 5.91 Å². The molecule has 0 bridgehead atoms. The number of carbonyl (C=O) groups is 2. The summed E-state index contributed by atoms with van der Waals surface area (Å²) in [6, 6.07) is 9.14. The second-order valence-electron chi connectivity index (χ2n) is 5.28. The number of carbonyl (C=O) groups excluding carboxylic acids is 2. The van der Waals surface area contributed by atoms with E-state index in [0.29, 0.717) is 23.5 Å². The molecule has 2 amide bonds. The zero-order valence-corrected chi connectivity index (χ0v) is 12.5. The molecule has 1 aromatic heterocycles. The Hall–Kier alpha value is -2.89. The van der Waals surface area contributed by atoms with Crippen LogP contribution in [0.2, 0.25) is 0 Å². The molecule has 1 aliphatic rings. The molecule has 0 radical (unpaired) electrons. The quantitative estimate of drug-likeness (QED) is 0.888. The number of anilines is 2. The molecule has 0 aliphatic carbocycles. The van der Waals surface area contributed by atoms with Crippen molar-refractivity contribution in [2.45, 2.75) is 19.3 Å². The fourth-order valence-corrected chi connectivity index (χ4v) is 2.43. The number of pyridine rings is 1. The molecule has 0 saturated carbocycles. The summed E-state index contributed by atoms with van der Waals surface area (Å²) in [4.78, 5) is 27.4. The summed E-state index contributed by atoms with van der Waals surface area (Å²) in [7, 11) is 0. The summed E-state index contributed by atoms with van der Waals surface area (Å²) in [5.74, 6) is 0.230. The fraction of sp³-hybridized carbons (Fsp3) is 0.235. The van der Waals surface area contributed by atoms with Gasteiger partial charge in [0.05, 0.1) is 11.4 Å². The maximum Gasteiger partial charge on any atom is 0.262 e. The second kappa shape index (κ2) is 6.91. The van der Waals surface area contributed by atoms with Crippen LogP contribution < -0.4 is 15.4 Å². The normalized spacial score (nSPS) is 12.8. The van der Waals surface area contributed by atoms with Gasteiger partial charge in [0.2, 0.25) is 5.91 Å². The van der Waals surface area contributed by atoms with Crippen LogP contribution in [0.4, 0.5) is 11.4 Å². The molecule has 6 heteroatoms. The zero-order valence-electron chi connectivity index (χ0n) is 12.5. The lowest BCUT2D eigenvalue weighted by atomic mass is 10.1. The standard InChI is InChI=1S/C17H17N3O3/c21-15(8-1-4-12-5-3-9-18-10-12)19-13-6-2-7-14-17(13)23-11-16(22)20-14/h2-3,5-7,9-10H,1,4,8,11H2,(H,19,21)(H,20,22). The van der Waals surface area contributed by atoms with E-state index in [4.69, 9.17) is 4.74 Å². The Balaban J connectivity index is 1.56. The number of aryl methyl sites for hydroxylation is 1. The molecule has 23 heavy (non-hydrogen) atoms. The summed E-state index contributed by atoms with van der Waals surface area (Å²) in [6.07, 6.45) is 5.49. The van der Waals surface area contributed by atoms with Gasteiger partial charge in [-0.1, -0.05) is 12.1 Å². The van der Waals surface area contributed by atoms with Crippen LogP contribution in [-0.2, 0) is 16.0 Å². The van der Waals surface area contributed by atoms with E-state index in [1.54, 1.807) is 24.4 Å². The van der Waals surface area contributed by atoms with Crippen molar-refractivity contribution in [2.75, 3.05) is 17.2 Å². The number of amides is 2. The summed E-state index contributed by atoms with van der Waals surface area (Å²) in [5.41, 5.74) is 2.27. The Morgan fingerprint density at radius 2 is 2.22 bits per heavy atom. The van der Waals surface area contributed by atoms with E-state index in [1.165, 1.54) is 0 Å². The highest BCUT2D eigenvalue weighted by Gasteiger charge is 2.19. The summed E-state index contributed by atoms with van der Waals surface area (Å²) < 4.78 is 5.41. The number of nitrogens with one attached hydrogen (secondary N) is 2. The van der Waals surface area contributed by atoms with E-state index in [-0.39, 0.29) is 18.4 Å². The minimum Gasteiger partial charge on any atom is -0.479 e. The van der Waals surface area contributed by atoms with Gasteiger partial charge < -0.3 is 15.4 Å². The lowest BCUT2D eigenvalue weighted by molar-refractivity contribution is -0.118. The van der Waals surface area contributed by atoms with Crippen LogP contribution in [0.1, 0.15) is 18.4 Å². The van der Waals surface area contributed by atoms with Gasteiger partial charge in [0.1, 0.15) is 0 Å². The summed E-state index contributed by atoms with van der Waals surface area (Å²) in [5, 5.41) is 5.56. The molecule has 2 heterocycles. The minimum absolute atomic E-state index is 0.0408. The van der Waals surface area contributed by atoms with Gasteiger partial charge in [0.15, 0.2) is 12.4 Å². The lowest BCUT2D eigenvalue weighted by Crippen LogP contribution is -2.26. The monoisotopic (exact) mass is 311 g/mol. The number of fused-ring (bicyclic) bond motifs is 1. The van der Waals surface area contributed by atoms with Gasteiger partial charge in [0, 0.05) is 18.8 Å². The van der Waals surface area contributed by atoms with Crippen LogP contribution in [0.3, 0.4) is 0 Å². The van der Waals surface area contributed by atoms with E-state index in [1.807, 2.05) is 18.3 Å². The Bertz CT molecular complexity index is 716. The molecule has 0 fully saturated rings. The molecule has 0 unspecified atom stereocenters. The van der Waals surface area contributed by atoms with E-state index in [9.17, 15) is 9.59 Å². The highest BCUT2D eigenvalue weighted by molar-refractivity contribution is 5.99. The van der Waals surface area contributed by atoms with Crippen molar-refractivity contribution in [3.63, 3.8) is 0 Å². The third kappa shape index (κ3) is 3.85. The van der Waals surface area contributed by atoms with Gasteiger partial charge in [-0.15, -0.1) is 0 Å². The predicted molar refractivity (Wildman–Crippen MR) is 86.4 cm³/mol. The van der Waals surface area contributed by atoms with E-state index >= 15 is 0 Å². The number of hydrogen-bond acceptors (Lipinski definition) is 4. The van der Waals surface area contributed by atoms with E-state index < -0.39 is 0 Å². The van der Waals surface area contributed by atoms with Gasteiger partial charge in [-0.25, -0.2) is 0 Å². The SMILES string of the molecule is O=C(CCCc1cccnc1)Nc1cccc2c1OCC(=O)N2. The van der Waals surface area contributed by atoms with Gasteiger partial charge in [-0.3, -0.25) is 14.6 Å². The Morgan fingerprint density at radius 3 is 3.04 bits per heavy atom. The first-order valence-corrected chi connectivity index (χ1v) is 7.47. The maximum absolute atomic E-state index is 12.1. The largest absolute Gasteiger partial charge is 0.479 e. The number of hydrogen-bond donors (Lipinski definition) is 2. The molecule has 0 saturated heterocycles. The van der Waals surface area contributed by atoms with Gasteiger partial charge in [-0.2, -0.15) is 0 Å². The highest BCUT2D eigenvalue weighted by Crippen LogP contribution is 2.35. The molecule has 2 N–H and O–H groups in total. The molecule has 0 atom stereocenters. The number of para-hydroxylation sites is 1. The van der Waals surface area contributed by atoms with Crippen molar-refractivity contribution in [3.05, 3.63) is 48.3 Å².